The number of anilines is 1. The van der Waals surface area contributed by atoms with Crippen molar-refractivity contribution >= 4 is 17.7 Å². The van der Waals surface area contributed by atoms with Crippen molar-refractivity contribution in [1.82, 2.24) is 15.3 Å². The highest BCUT2D eigenvalue weighted by molar-refractivity contribution is 7.99. The first-order valence-corrected chi connectivity index (χ1v) is 10.4. The molecule has 1 aliphatic carbocycles. The van der Waals surface area contributed by atoms with Gasteiger partial charge in [-0.05, 0) is 81.8 Å². The molecule has 26 heavy (non-hydrogen) atoms. The number of benzene rings is 1. The number of nitrogens with zero attached hydrogens (tertiary/aromatic N) is 2. The summed E-state index contributed by atoms with van der Waals surface area (Å²) in [4.78, 5) is 10.6. The second-order valence-corrected chi connectivity index (χ2v) is 8.18. The van der Waals surface area contributed by atoms with Crippen LogP contribution in [0.1, 0.15) is 36.9 Å². The van der Waals surface area contributed by atoms with Gasteiger partial charge in [0.2, 0.25) is 5.95 Å². The van der Waals surface area contributed by atoms with E-state index >= 15 is 0 Å². The van der Waals surface area contributed by atoms with Crippen LogP contribution in [0.3, 0.4) is 0 Å². The van der Waals surface area contributed by atoms with Crippen LogP contribution >= 0.6 is 11.8 Å². The van der Waals surface area contributed by atoms with Crippen molar-refractivity contribution in [3.05, 3.63) is 41.3 Å². The fourth-order valence-electron chi connectivity index (χ4n) is 3.66. The molecule has 2 aliphatic rings. The minimum absolute atomic E-state index is 0.205. The molecule has 0 spiro atoms. The lowest BCUT2D eigenvalue weighted by molar-refractivity contribution is 0.389. The highest BCUT2D eigenvalue weighted by atomic mass is 32.2. The molecule has 0 amide bonds. The van der Waals surface area contributed by atoms with Crippen LogP contribution in [0, 0.1) is 11.7 Å². The number of halogens is 1. The van der Waals surface area contributed by atoms with Crippen LogP contribution in [-0.2, 0) is 12.8 Å². The van der Waals surface area contributed by atoms with Gasteiger partial charge in [0.15, 0.2) is 0 Å². The molecule has 4 nitrogen and oxygen atoms in total. The van der Waals surface area contributed by atoms with Gasteiger partial charge < -0.3 is 10.6 Å². The summed E-state index contributed by atoms with van der Waals surface area (Å²) in [6.45, 7) is 3.13. The summed E-state index contributed by atoms with van der Waals surface area (Å²) < 4.78 is 13.2. The van der Waals surface area contributed by atoms with E-state index in [2.05, 4.69) is 10.6 Å². The number of nitrogens with one attached hydrogen (secondary N) is 2. The smallest absolute Gasteiger partial charge is 0.224 e. The molecule has 6 heteroatoms. The lowest BCUT2D eigenvalue weighted by atomic mass is 9.97. The predicted molar refractivity (Wildman–Crippen MR) is 103 cm³/mol. The van der Waals surface area contributed by atoms with Crippen LogP contribution in [0.2, 0.25) is 0 Å². The van der Waals surface area contributed by atoms with Gasteiger partial charge in [0.25, 0.3) is 0 Å². The number of aromatic nitrogens is 2. The Morgan fingerprint density at radius 1 is 1.08 bits per heavy atom. The summed E-state index contributed by atoms with van der Waals surface area (Å²) in [5.74, 6) is 1.22. The Hall–Kier alpha value is -1.66. The van der Waals surface area contributed by atoms with E-state index in [0.717, 1.165) is 48.3 Å². The number of aryl methyl sites for hydroxylation is 1. The SMILES string of the molecule is Fc1ccc(Sc2nc(NCC3CCNCC3)nc3c2CCCC3)cc1. The van der Waals surface area contributed by atoms with Crippen LogP contribution < -0.4 is 10.6 Å². The summed E-state index contributed by atoms with van der Waals surface area (Å²) in [5.41, 5.74) is 2.46. The Morgan fingerprint density at radius 3 is 2.65 bits per heavy atom. The summed E-state index contributed by atoms with van der Waals surface area (Å²) >= 11 is 1.62. The van der Waals surface area contributed by atoms with Gasteiger partial charge in [0.1, 0.15) is 10.8 Å². The monoisotopic (exact) mass is 372 g/mol. The third-order valence-electron chi connectivity index (χ3n) is 5.18. The molecule has 0 radical (unpaired) electrons. The van der Waals surface area contributed by atoms with Crippen molar-refractivity contribution in [2.75, 3.05) is 25.0 Å². The predicted octanol–water partition coefficient (Wildman–Crippen LogP) is 4.06. The second kappa shape index (κ2) is 8.35. The highest BCUT2D eigenvalue weighted by Gasteiger charge is 2.19. The van der Waals surface area contributed by atoms with Gasteiger partial charge in [-0.3, -0.25) is 0 Å². The van der Waals surface area contributed by atoms with Crippen molar-refractivity contribution in [1.29, 1.82) is 0 Å². The maximum atomic E-state index is 13.2. The molecule has 4 rings (SSSR count). The van der Waals surface area contributed by atoms with Gasteiger partial charge in [-0.2, -0.15) is 0 Å². The lowest BCUT2D eigenvalue weighted by Crippen LogP contribution is -2.31. The van der Waals surface area contributed by atoms with Gasteiger partial charge in [-0.15, -0.1) is 0 Å². The molecule has 1 fully saturated rings. The molecule has 0 bridgehead atoms. The van der Waals surface area contributed by atoms with E-state index < -0.39 is 0 Å². The quantitative estimate of drug-likeness (QED) is 0.775. The largest absolute Gasteiger partial charge is 0.354 e. The molecule has 1 aromatic heterocycles. The van der Waals surface area contributed by atoms with Crippen molar-refractivity contribution in [2.45, 2.75) is 48.4 Å². The van der Waals surface area contributed by atoms with Crippen molar-refractivity contribution < 1.29 is 4.39 Å². The minimum Gasteiger partial charge on any atom is -0.354 e. The Labute approximate surface area is 158 Å². The number of fused-ring (bicyclic) bond motifs is 1. The molecule has 2 N–H and O–H groups in total. The zero-order chi connectivity index (χ0) is 17.8. The van der Waals surface area contributed by atoms with E-state index in [0.29, 0.717) is 5.92 Å². The number of hydrogen-bond acceptors (Lipinski definition) is 5. The van der Waals surface area contributed by atoms with Crippen LogP contribution in [0.5, 0.6) is 0 Å². The molecular weight excluding hydrogens is 347 g/mol. The van der Waals surface area contributed by atoms with E-state index in [4.69, 9.17) is 9.97 Å². The minimum atomic E-state index is -0.205. The van der Waals surface area contributed by atoms with Gasteiger partial charge >= 0.3 is 0 Å². The lowest BCUT2D eigenvalue weighted by Gasteiger charge is -2.24. The molecular formula is C20H25FN4S. The summed E-state index contributed by atoms with van der Waals surface area (Å²) in [6, 6.07) is 6.65. The maximum Gasteiger partial charge on any atom is 0.224 e. The van der Waals surface area contributed by atoms with Gasteiger partial charge in [-0.25, -0.2) is 14.4 Å². The van der Waals surface area contributed by atoms with Crippen LogP contribution in [0.15, 0.2) is 34.2 Å². The molecule has 1 aromatic carbocycles. The van der Waals surface area contributed by atoms with Gasteiger partial charge in [-0.1, -0.05) is 11.8 Å². The Morgan fingerprint density at radius 2 is 1.85 bits per heavy atom. The van der Waals surface area contributed by atoms with E-state index in [9.17, 15) is 4.39 Å². The Balaban J connectivity index is 1.54. The van der Waals surface area contributed by atoms with Gasteiger partial charge in [0, 0.05) is 17.0 Å². The summed E-state index contributed by atoms with van der Waals surface area (Å²) in [7, 11) is 0. The average molecular weight is 373 g/mol. The number of piperidine rings is 1. The summed E-state index contributed by atoms with van der Waals surface area (Å²) in [5, 5.41) is 7.90. The van der Waals surface area contributed by atoms with Crippen LogP contribution in [0.4, 0.5) is 10.3 Å². The fraction of sp³-hybridized carbons (Fsp3) is 0.500. The third-order valence-corrected chi connectivity index (χ3v) is 6.22. The highest BCUT2D eigenvalue weighted by Crippen LogP contribution is 2.34. The van der Waals surface area contributed by atoms with Gasteiger partial charge in [0.05, 0.1) is 5.69 Å². The molecule has 1 saturated heterocycles. The van der Waals surface area contributed by atoms with Crippen LogP contribution in [0.25, 0.3) is 0 Å². The molecule has 0 saturated carbocycles. The first-order chi connectivity index (χ1) is 12.8. The second-order valence-electron chi connectivity index (χ2n) is 7.11. The number of hydrogen-bond donors (Lipinski definition) is 2. The van der Waals surface area contributed by atoms with E-state index in [1.165, 1.54) is 49.1 Å². The average Bonchev–Trinajstić information content (AvgIpc) is 2.69. The first-order valence-electron chi connectivity index (χ1n) is 9.56. The first kappa shape index (κ1) is 17.7. The van der Waals surface area contributed by atoms with Crippen molar-refractivity contribution in [2.24, 2.45) is 5.92 Å². The zero-order valence-electron chi connectivity index (χ0n) is 14.9. The molecule has 2 heterocycles. The van der Waals surface area contributed by atoms with E-state index in [1.54, 1.807) is 11.8 Å². The maximum absolute atomic E-state index is 13.2. The standard InChI is InChI=1S/C20H25FN4S/c21-15-5-7-16(8-6-15)26-19-17-3-1-2-4-18(17)24-20(25-19)23-13-14-9-11-22-12-10-14/h5-8,14,22H,1-4,9-13H2,(H,23,24,25). The fourth-order valence-corrected chi connectivity index (χ4v) is 4.63. The molecule has 2 aromatic rings. The Kier molecular flexibility index (Phi) is 5.70. The Bertz CT molecular complexity index is 744. The summed E-state index contributed by atoms with van der Waals surface area (Å²) in [6.07, 6.45) is 6.85. The molecule has 0 unspecified atom stereocenters. The molecule has 138 valence electrons. The molecule has 0 atom stereocenters. The van der Waals surface area contributed by atoms with E-state index in [1.807, 2.05) is 12.1 Å². The van der Waals surface area contributed by atoms with Crippen molar-refractivity contribution in [3.8, 4) is 0 Å². The zero-order valence-corrected chi connectivity index (χ0v) is 15.7. The number of rotatable bonds is 5. The van der Waals surface area contributed by atoms with Crippen LogP contribution in [-0.4, -0.2) is 29.6 Å². The van der Waals surface area contributed by atoms with Crippen molar-refractivity contribution in [3.63, 3.8) is 0 Å². The topological polar surface area (TPSA) is 49.8 Å². The van der Waals surface area contributed by atoms with E-state index in [-0.39, 0.29) is 5.82 Å². The molecule has 1 aliphatic heterocycles. The normalized spacial score (nSPS) is 17.7. The third kappa shape index (κ3) is 4.35.